The van der Waals surface area contributed by atoms with Crippen LogP contribution in [0.15, 0.2) is 23.1 Å². The van der Waals surface area contributed by atoms with Crippen LogP contribution >= 0.6 is 11.6 Å². The quantitative estimate of drug-likeness (QED) is 0.810. The van der Waals surface area contributed by atoms with Crippen molar-refractivity contribution in [1.82, 2.24) is 0 Å². The van der Waals surface area contributed by atoms with Gasteiger partial charge in [0.15, 0.2) is 0 Å². The van der Waals surface area contributed by atoms with Crippen LogP contribution in [0.1, 0.15) is 19.8 Å². The molecule has 0 fully saturated rings. The van der Waals surface area contributed by atoms with Crippen LogP contribution < -0.4 is 5.73 Å². The fraction of sp³-hybridized carbons (Fsp3) is 0.400. The third kappa shape index (κ3) is 3.00. The van der Waals surface area contributed by atoms with E-state index in [2.05, 4.69) is 6.92 Å². The number of unbranched alkanes of at least 4 members (excludes halogenated alkanes) is 1. The van der Waals surface area contributed by atoms with Gasteiger partial charge in [0.2, 0.25) is 0 Å². The molecule has 1 aromatic rings. The minimum atomic E-state index is -0.942. The van der Waals surface area contributed by atoms with Gasteiger partial charge in [-0.1, -0.05) is 24.9 Å². The molecule has 0 heterocycles. The molecule has 1 rings (SSSR count). The lowest BCUT2D eigenvalue weighted by Gasteiger charge is -2.03. The Bertz CT molecular complexity index is 341. The first-order chi connectivity index (χ1) is 6.65. The first kappa shape index (κ1) is 11.5. The molecule has 2 nitrogen and oxygen atoms in total. The Labute approximate surface area is 91.9 Å². The predicted molar refractivity (Wildman–Crippen MR) is 62.0 cm³/mol. The highest BCUT2D eigenvalue weighted by atomic mass is 35.5. The van der Waals surface area contributed by atoms with Crippen LogP contribution in [0.3, 0.4) is 0 Å². The van der Waals surface area contributed by atoms with Crippen LogP contribution in [0.25, 0.3) is 0 Å². The molecule has 1 unspecified atom stereocenters. The standard InChI is InChI=1S/C10H14ClNOS/c1-2-3-6-14(13)8-4-5-10(12)9(11)7-8/h4-5,7H,2-3,6,12H2,1H3. The van der Waals surface area contributed by atoms with Crippen LogP contribution in [0, 0.1) is 0 Å². The van der Waals surface area contributed by atoms with Crippen molar-refractivity contribution < 1.29 is 4.21 Å². The van der Waals surface area contributed by atoms with Crippen LogP contribution in [-0.2, 0) is 10.8 Å². The Balaban J connectivity index is 2.76. The molecule has 0 amide bonds. The van der Waals surface area contributed by atoms with Gasteiger partial charge in [-0.15, -0.1) is 0 Å². The van der Waals surface area contributed by atoms with Gasteiger partial charge in [-0.25, -0.2) is 0 Å². The molecule has 1 atom stereocenters. The molecule has 0 bridgehead atoms. The fourth-order valence-electron chi connectivity index (χ4n) is 1.04. The van der Waals surface area contributed by atoms with Gasteiger partial charge in [-0.2, -0.15) is 0 Å². The molecule has 78 valence electrons. The van der Waals surface area contributed by atoms with Crippen molar-refractivity contribution in [2.75, 3.05) is 11.5 Å². The van der Waals surface area contributed by atoms with Crippen molar-refractivity contribution in [3.05, 3.63) is 23.2 Å². The minimum Gasteiger partial charge on any atom is -0.398 e. The molecule has 0 aliphatic carbocycles. The predicted octanol–water partition coefficient (Wildman–Crippen LogP) is 2.83. The second-order valence-electron chi connectivity index (χ2n) is 3.09. The van der Waals surface area contributed by atoms with E-state index in [1.807, 2.05) is 0 Å². The van der Waals surface area contributed by atoms with Crippen LogP contribution in [0.5, 0.6) is 0 Å². The molecule has 0 aliphatic rings. The van der Waals surface area contributed by atoms with Gasteiger partial charge < -0.3 is 5.73 Å². The number of hydrogen-bond acceptors (Lipinski definition) is 2. The number of rotatable bonds is 4. The van der Waals surface area contributed by atoms with Crippen molar-refractivity contribution in [3.8, 4) is 0 Å². The Hall–Kier alpha value is -0.540. The number of anilines is 1. The van der Waals surface area contributed by atoms with Gasteiger partial charge in [-0.3, -0.25) is 4.21 Å². The summed E-state index contributed by atoms with van der Waals surface area (Å²) in [4.78, 5) is 0.762. The number of benzene rings is 1. The molecule has 0 spiro atoms. The molecule has 4 heteroatoms. The van der Waals surface area contributed by atoms with E-state index in [4.69, 9.17) is 17.3 Å². The molecule has 14 heavy (non-hydrogen) atoms. The number of nitrogen functional groups attached to an aromatic ring is 1. The van der Waals surface area contributed by atoms with Crippen molar-refractivity contribution in [3.63, 3.8) is 0 Å². The van der Waals surface area contributed by atoms with E-state index in [1.54, 1.807) is 18.2 Å². The van der Waals surface area contributed by atoms with Crippen LogP contribution in [-0.4, -0.2) is 9.96 Å². The highest BCUT2D eigenvalue weighted by Crippen LogP contribution is 2.21. The van der Waals surface area contributed by atoms with Crippen molar-refractivity contribution in [1.29, 1.82) is 0 Å². The summed E-state index contributed by atoms with van der Waals surface area (Å²) >= 11 is 5.83. The summed E-state index contributed by atoms with van der Waals surface area (Å²) in [6.45, 7) is 2.08. The summed E-state index contributed by atoms with van der Waals surface area (Å²) < 4.78 is 11.7. The lowest BCUT2D eigenvalue weighted by molar-refractivity contribution is 0.679. The summed E-state index contributed by atoms with van der Waals surface area (Å²) in [5, 5.41) is 0.479. The van der Waals surface area contributed by atoms with Gasteiger partial charge >= 0.3 is 0 Å². The van der Waals surface area contributed by atoms with E-state index < -0.39 is 10.8 Å². The number of hydrogen-bond donors (Lipinski definition) is 1. The number of halogens is 1. The van der Waals surface area contributed by atoms with Gasteiger partial charge in [-0.05, 0) is 24.6 Å². The summed E-state index contributed by atoms with van der Waals surface area (Å²) in [6, 6.07) is 5.15. The Morgan fingerprint density at radius 1 is 1.50 bits per heavy atom. The SMILES string of the molecule is CCCCS(=O)c1ccc(N)c(Cl)c1. The van der Waals surface area contributed by atoms with E-state index in [1.165, 1.54) is 0 Å². The molecule has 0 saturated heterocycles. The average molecular weight is 232 g/mol. The minimum absolute atomic E-state index is 0.479. The highest BCUT2D eigenvalue weighted by Gasteiger charge is 2.05. The third-order valence-electron chi connectivity index (χ3n) is 1.92. The third-order valence-corrected chi connectivity index (χ3v) is 3.68. The van der Waals surface area contributed by atoms with Crippen LogP contribution in [0.2, 0.25) is 5.02 Å². The Morgan fingerprint density at radius 3 is 2.79 bits per heavy atom. The number of nitrogens with two attached hydrogens (primary N) is 1. The molecular formula is C10H14ClNOS. The molecular weight excluding hydrogens is 218 g/mol. The zero-order valence-corrected chi connectivity index (χ0v) is 9.70. The van der Waals surface area contributed by atoms with E-state index in [-0.39, 0.29) is 0 Å². The summed E-state index contributed by atoms with van der Waals surface area (Å²) in [6.07, 6.45) is 2.02. The average Bonchev–Trinajstić information content (AvgIpc) is 2.18. The highest BCUT2D eigenvalue weighted by molar-refractivity contribution is 7.85. The van der Waals surface area contributed by atoms with Crippen LogP contribution in [0.4, 0.5) is 5.69 Å². The molecule has 1 aromatic carbocycles. The van der Waals surface area contributed by atoms with Gasteiger partial charge in [0.05, 0.1) is 21.5 Å². The topological polar surface area (TPSA) is 43.1 Å². The van der Waals surface area contributed by atoms with Gasteiger partial charge in [0.25, 0.3) is 0 Å². The molecule has 0 aromatic heterocycles. The maximum Gasteiger partial charge on any atom is 0.0647 e. The summed E-state index contributed by atoms with van der Waals surface area (Å²) in [5.74, 6) is 0.691. The molecule has 0 saturated carbocycles. The van der Waals surface area contributed by atoms with Crippen molar-refractivity contribution in [2.45, 2.75) is 24.7 Å². The lowest BCUT2D eigenvalue weighted by atomic mass is 10.3. The van der Waals surface area contributed by atoms with E-state index in [0.29, 0.717) is 16.5 Å². The maximum atomic E-state index is 11.7. The van der Waals surface area contributed by atoms with Crippen molar-refractivity contribution >= 4 is 28.1 Å². The van der Waals surface area contributed by atoms with Gasteiger partial charge in [0, 0.05) is 10.6 Å². The van der Waals surface area contributed by atoms with E-state index in [9.17, 15) is 4.21 Å². The monoisotopic (exact) mass is 231 g/mol. The fourth-order valence-corrected chi connectivity index (χ4v) is 2.54. The van der Waals surface area contributed by atoms with Crippen molar-refractivity contribution in [2.24, 2.45) is 0 Å². The summed E-state index contributed by atoms with van der Waals surface area (Å²) in [7, 11) is -0.942. The normalized spacial score (nSPS) is 12.7. The van der Waals surface area contributed by atoms with E-state index >= 15 is 0 Å². The first-order valence-corrected chi connectivity index (χ1v) is 6.28. The van der Waals surface area contributed by atoms with E-state index in [0.717, 1.165) is 17.7 Å². The lowest BCUT2D eigenvalue weighted by Crippen LogP contribution is -1.98. The molecule has 0 radical (unpaired) electrons. The zero-order chi connectivity index (χ0) is 10.6. The zero-order valence-electron chi connectivity index (χ0n) is 8.13. The molecule has 0 aliphatic heterocycles. The Kier molecular flexibility index (Phi) is 4.42. The maximum absolute atomic E-state index is 11.7. The smallest absolute Gasteiger partial charge is 0.0647 e. The second-order valence-corrected chi connectivity index (χ2v) is 5.06. The second kappa shape index (κ2) is 5.37. The largest absolute Gasteiger partial charge is 0.398 e. The molecule has 2 N–H and O–H groups in total. The van der Waals surface area contributed by atoms with Gasteiger partial charge in [0.1, 0.15) is 0 Å². The Morgan fingerprint density at radius 2 is 2.21 bits per heavy atom. The summed E-state index contributed by atoms with van der Waals surface area (Å²) in [5.41, 5.74) is 6.09. The first-order valence-electron chi connectivity index (χ1n) is 4.58.